The van der Waals surface area contributed by atoms with Crippen LogP contribution in [0, 0.1) is 0 Å². The average molecular weight is 446 g/mol. The van der Waals surface area contributed by atoms with Crippen molar-refractivity contribution < 1.29 is 14.7 Å². The van der Waals surface area contributed by atoms with Crippen molar-refractivity contribution >= 4 is 22.2 Å². The highest BCUT2D eigenvalue weighted by Crippen LogP contribution is 2.30. The molecule has 1 aliphatic heterocycles. The van der Waals surface area contributed by atoms with Crippen LogP contribution < -0.4 is 9.64 Å². The van der Waals surface area contributed by atoms with Gasteiger partial charge in [0.15, 0.2) is 0 Å². The van der Waals surface area contributed by atoms with Gasteiger partial charge in [-0.1, -0.05) is 53.7 Å². The van der Waals surface area contributed by atoms with E-state index in [1.807, 2.05) is 18.2 Å². The third-order valence-electron chi connectivity index (χ3n) is 6.67. The van der Waals surface area contributed by atoms with E-state index in [1.54, 1.807) is 7.11 Å². The Balaban J connectivity index is 1.12. The molecule has 2 aliphatic rings. The van der Waals surface area contributed by atoms with Crippen LogP contribution in [0.4, 0.5) is 5.69 Å². The average Bonchev–Trinajstić information content (AvgIpc) is 3.28. The molecule has 1 unspecified atom stereocenters. The van der Waals surface area contributed by atoms with Gasteiger partial charge in [0.1, 0.15) is 18.5 Å². The minimum absolute atomic E-state index is 0.207. The molecule has 0 spiro atoms. The van der Waals surface area contributed by atoms with Gasteiger partial charge in [-0.2, -0.15) is 0 Å². The molecule has 0 aromatic heterocycles. The Hall–Kier alpha value is -3.09. The zero-order valence-corrected chi connectivity index (χ0v) is 19.1. The minimum Gasteiger partial charge on any atom is -0.495 e. The highest BCUT2D eigenvalue weighted by atomic mass is 16.6. The minimum atomic E-state index is -0.565. The first-order valence-corrected chi connectivity index (χ1v) is 11.7. The number of hydrogen-bond donors (Lipinski definition) is 1. The molecule has 1 saturated heterocycles. The van der Waals surface area contributed by atoms with E-state index in [-0.39, 0.29) is 6.61 Å². The summed E-state index contributed by atoms with van der Waals surface area (Å²) >= 11 is 0. The van der Waals surface area contributed by atoms with Gasteiger partial charge in [-0.15, -0.1) is 0 Å². The van der Waals surface area contributed by atoms with Crippen molar-refractivity contribution in [2.24, 2.45) is 5.16 Å². The van der Waals surface area contributed by atoms with Crippen LogP contribution in [0.5, 0.6) is 5.75 Å². The Kier molecular flexibility index (Phi) is 6.46. The highest BCUT2D eigenvalue weighted by molar-refractivity contribution is 6.08. The maximum atomic E-state index is 10.5. The molecule has 0 amide bonds. The van der Waals surface area contributed by atoms with E-state index in [9.17, 15) is 5.11 Å². The molecule has 6 heteroatoms. The van der Waals surface area contributed by atoms with E-state index in [4.69, 9.17) is 9.57 Å². The van der Waals surface area contributed by atoms with Crippen LogP contribution in [-0.2, 0) is 11.3 Å². The number of anilines is 1. The first-order valence-electron chi connectivity index (χ1n) is 11.7. The monoisotopic (exact) mass is 445 g/mol. The van der Waals surface area contributed by atoms with E-state index in [0.29, 0.717) is 6.54 Å². The van der Waals surface area contributed by atoms with Crippen LogP contribution in [0.25, 0.3) is 10.8 Å². The standard InChI is InChI=1S/C27H31N3O3/c1-32-27-9-5-4-8-26(27)30-16-14-29(15-17-30)18-21(31)19-33-28-25-13-12-23-22-7-3-2-6-20(22)10-11-24(23)25/h2-11,21,31H,12-19H2,1H3/b28-25+. The van der Waals surface area contributed by atoms with E-state index in [2.05, 4.69) is 57.4 Å². The SMILES string of the molecule is COc1ccccc1N1CCN(CC(O)CO/N=C2\CCc3c2ccc2ccccc32)CC1. The summed E-state index contributed by atoms with van der Waals surface area (Å²) < 4.78 is 5.50. The Morgan fingerprint density at radius 3 is 2.58 bits per heavy atom. The van der Waals surface area contributed by atoms with Gasteiger partial charge in [-0.05, 0) is 41.3 Å². The van der Waals surface area contributed by atoms with Crippen LogP contribution in [0.3, 0.4) is 0 Å². The molecular formula is C27H31N3O3. The lowest BCUT2D eigenvalue weighted by Crippen LogP contribution is -2.49. The molecule has 1 heterocycles. The fourth-order valence-corrected chi connectivity index (χ4v) is 4.96. The number of aliphatic hydroxyl groups is 1. The molecule has 0 radical (unpaired) electrons. The number of hydrogen-bond acceptors (Lipinski definition) is 6. The fourth-order valence-electron chi connectivity index (χ4n) is 4.96. The van der Waals surface area contributed by atoms with Gasteiger partial charge in [0.05, 0.1) is 18.5 Å². The first kappa shape index (κ1) is 21.7. The van der Waals surface area contributed by atoms with Crippen molar-refractivity contribution in [3.63, 3.8) is 0 Å². The van der Waals surface area contributed by atoms with Crippen molar-refractivity contribution in [1.29, 1.82) is 0 Å². The number of piperazine rings is 1. The van der Waals surface area contributed by atoms with Gasteiger partial charge in [0.2, 0.25) is 0 Å². The zero-order valence-electron chi connectivity index (χ0n) is 19.1. The van der Waals surface area contributed by atoms with Gasteiger partial charge >= 0.3 is 0 Å². The molecule has 1 aliphatic carbocycles. The van der Waals surface area contributed by atoms with Gasteiger partial charge in [-0.3, -0.25) is 4.90 Å². The largest absolute Gasteiger partial charge is 0.495 e. The summed E-state index contributed by atoms with van der Waals surface area (Å²) in [6.07, 6.45) is 1.30. The predicted octanol–water partition coefficient (Wildman–Crippen LogP) is 3.70. The molecule has 0 bridgehead atoms. The first-order chi connectivity index (χ1) is 16.2. The quantitative estimate of drug-likeness (QED) is 0.562. The Morgan fingerprint density at radius 1 is 0.939 bits per heavy atom. The molecule has 1 fully saturated rings. The number of rotatable bonds is 7. The Bertz CT molecular complexity index is 1140. The third kappa shape index (κ3) is 4.68. The molecule has 5 rings (SSSR count). The molecule has 1 N–H and O–H groups in total. The maximum absolute atomic E-state index is 10.5. The van der Waals surface area contributed by atoms with Crippen molar-refractivity contribution in [2.45, 2.75) is 18.9 Å². The van der Waals surface area contributed by atoms with Crippen LogP contribution >= 0.6 is 0 Å². The lowest BCUT2D eigenvalue weighted by Gasteiger charge is -2.37. The highest BCUT2D eigenvalue weighted by Gasteiger charge is 2.23. The van der Waals surface area contributed by atoms with Gasteiger partial charge in [-0.25, -0.2) is 0 Å². The van der Waals surface area contributed by atoms with Gasteiger partial charge in [0, 0.05) is 38.3 Å². The Labute approximate surface area is 195 Å². The lowest BCUT2D eigenvalue weighted by molar-refractivity contribution is 0.0180. The topological polar surface area (TPSA) is 57.5 Å². The van der Waals surface area contributed by atoms with Crippen molar-refractivity contribution in [1.82, 2.24) is 4.90 Å². The second-order valence-corrected chi connectivity index (χ2v) is 8.76. The smallest absolute Gasteiger partial charge is 0.144 e. The van der Waals surface area contributed by atoms with Crippen molar-refractivity contribution in [2.75, 3.05) is 51.3 Å². The number of ether oxygens (including phenoxy) is 1. The number of benzene rings is 3. The number of β-amino-alcohol motifs (C(OH)–C–C–N with tert-alkyl or cyclic N) is 1. The van der Waals surface area contributed by atoms with Crippen LogP contribution in [0.2, 0.25) is 0 Å². The molecule has 3 aromatic carbocycles. The summed E-state index contributed by atoms with van der Waals surface area (Å²) in [7, 11) is 1.71. The molecule has 33 heavy (non-hydrogen) atoms. The number of fused-ring (bicyclic) bond motifs is 3. The third-order valence-corrected chi connectivity index (χ3v) is 6.67. The molecule has 172 valence electrons. The van der Waals surface area contributed by atoms with E-state index in [1.165, 1.54) is 21.9 Å². The number of nitrogens with zero attached hydrogens (tertiary/aromatic N) is 3. The van der Waals surface area contributed by atoms with E-state index in [0.717, 1.165) is 56.2 Å². The molecule has 0 saturated carbocycles. The number of methoxy groups -OCH3 is 1. The number of aliphatic hydroxyl groups excluding tert-OH is 1. The molecular weight excluding hydrogens is 414 g/mol. The summed E-state index contributed by atoms with van der Waals surface area (Å²) in [5, 5.41) is 17.5. The predicted molar refractivity (Wildman–Crippen MR) is 132 cm³/mol. The molecule has 1 atom stereocenters. The summed E-state index contributed by atoms with van der Waals surface area (Å²) in [6, 6.07) is 20.9. The maximum Gasteiger partial charge on any atom is 0.144 e. The molecule has 3 aromatic rings. The van der Waals surface area contributed by atoms with Crippen molar-refractivity contribution in [3.8, 4) is 5.75 Å². The van der Waals surface area contributed by atoms with Crippen LogP contribution in [-0.4, -0.2) is 68.3 Å². The summed E-state index contributed by atoms with van der Waals surface area (Å²) in [4.78, 5) is 10.2. The van der Waals surface area contributed by atoms with Crippen molar-refractivity contribution in [3.05, 3.63) is 71.8 Å². The van der Waals surface area contributed by atoms with Gasteiger partial charge < -0.3 is 19.6 Å². The van der Waals surface area contributed by atoms with Gasteiger partial charge in [0.25, 0.3) is 0 Å². The zero-order chi connectivity index (χ0) is 22.6. The van der Waals surface area contributed by atoms with Crippen LogP contribution in [0.15, 0.2) is 65.8 Å². The number of para-hydroxylation sites is 2. The summed E-state index contributed by atoms with van der Waals surface area (Å²) in [5.41, 5.74) is 4.64. The van der Waals surface area contributed by atoms with E-state index >= 15 is 0 Å². The van der Waals surface area contributed by atoms with E-state index < -0.39 is 6.10 Å². The summed E-state index contributed by atoms with van der Waals surface area (Å²) in [5.74, 6) is 0.903. The van der Waals surface area contributed by atoms with Crippen LogP contribution in [0.1, 0.15) is 17.5 Å². The molecule has 6 nitrogen and oxygen atoms in total. The second kappa shape index (κ2) is 9.81. The lowest BCUT2D eigenvalue weighted by atomic mass is 10.0. The Morgan fingerprint density at radius 2 is 1.73 bits per heavy atom. The summed E-state index contributed by atoms with van der Waals surface area (Å²) in [6.45, 7) is 4.39. The fraction of sp³-hybridized carbons (Fsp3) is 0.370. The normalized spacial score (nSPS) is 18.5. The number of aryl methyl sites for hydroxylation is 1. The number of oxime groups is 1. The second-order valence-electron chi connectivity index (χ2n) is 8.76.